The van der Waals surface area contributed by atoms with Crippen molar-refractivity contribution >= 4 is 0 Å². The average molecular weight is 242 g/mol. The van der Waals surface area contributed by atoms with Gasteiger partial charge < -0.3 is 10.5 Å². The predicted molar refractivity (Wildman–Crippen MR) is 72.4 cm³/mol. The van der Waals surface area contributed by atoms with Crippen LogP contribution in [0.4, 0.5) is 0 Å². The lowest BCUT2D eigenvalue weighted by atomic mass is 10.1. The summed E-state index contributed by atoms with van der Waals surface area (Å²) < 4.78 is 5.72. The van der Waals surface area contributed by atoms with Gasteiger partial charge in [0.05, 0.1) is 5.69 Å². The Kier molecular flexibility index (Phi) is 3.95. The molecule has 0 aliphatic heterocycles. The van der Waals surface area contributed by atoms with Gasteiger partial charge in [-0.25, -0.2) is 0 Å². The molecule has 2 N–H and O–H groups in total. The van der Waals surface area contributed by atoms with E-state index in [2.05, 4.69) is 4.98 Å². The second kappa shape index (κ2) is 5.65. The molecule has 3 heteroatoms. The summed E-state index contributed by atoms with van der Waals surface area (Å²) in [6.45, 7) is 4.41. The minimum atomic E-state index is 0.0191. The lowest BCUT2D eigenvalue weighted by Crippen LogP contribution is -2.05. The Morgan fingerprint density at radius 1 is 1.22 bits per heavy atom. The maximum Gasteiger partial charge on any atom is 0.130 e. The fraction of sp³-hybridized carbons (Fsp3) is 0.267. The molecule has 1 aromatic carbocycles. The van der Waals surface area contributed by atoms with E-state index in [0.717, 1.165) is 22.7 Å². The number of pyridine rings is 1. The molecule has 1 unspecified atom stereocenters. The summed E-state index contributed by atoms with van der Waals surface area (Å²) in [6.07, 6.45) is 0. The molecule has 1 heterocycles. The van der Waals surface area contributed by atoms with Crippen molar-refractivity contribution < 1.29 is 4.74 Å². The van der Waals surface area contributed by atoms with E-state index in [0.29, 0.717) is 6.61 Å². The highest BCUT2D eigenvalue weighted by Gasteiger charge is 2.02. The molecule has 1 aromatic heterocycles. The highest BCUT2D eigenvalue weighted by molar-refractivity contribution is 5.30. The molecule has 3 nitrogen and oxygen atoms in total. The van der Waals surface area contributed by atoms with Crippen LogP contribution in [0.15, 0.2) is 42.5 Å². The molecule has 2 rings (SSSR count). The van der Waals surface area contributed by atoms with Gasteiger partial charge in [0.2, 0.25) is 0 Å². The van der Waals surface area contributed by atoms with Gasteiger partial charge in [0.15, 0.2) is 0 Å². The fourth-order valence-electron chi connectivity index (χ4n) is 1.72. The normalized spacial score (nSPS) is 12.2. The van der Waals surface area contributed by atoms with E-state index in [1.807, 2.05) is 56.3 Å². The summed E-state index contributed by atoms with van der Waals surface area (Å²) in [5, 5.41) is 0. The summed E-state index contributed by atoms with van der Waals surface area (Å²) in [6, 6.07) is 13.8. The molecule has 0 saturated heterocycles. The molecule has 0 amide bonds. The average Bonchev–Trinajstić information content (AvgIpc) is 2.37. The zero-order valence-corrected chi connectivity index (χ0v) is 10.8. The Hall–Kier alpha value is -1.87. The zero-order valence-electron chi connectivity index (χ0n) is 10.8. The first kappa shape index (κ1) is 12.6. The number of nitrogens with zero attached hydrogens (tertiary/aromatic N) is 1. The number of aromatic nitrogens is 1. The van der Waals surface area contributed by atoms with Gasteiger partial charge in [0.1, 0.15) is 12.4 Å². The summed E-state index contributed by atoms with van der Waals surface area (Å²) >= 11 is 0. The van der Waals surface area contributed by atoms with Crippen LogP contribution in [-0.4, -0.2) is 4.98 Å². The second-order valence-electron chi connectivity index (χ2n) is 4.42. The molecule has 0 aliphatic carbocycles. The predicted octanol–water partition coefficient (Wildman–Crippen LogP) is 2.99. The summed E-state index contributed by atoms with van der Waals surface area (Å²) in [5.41, 5.74) is 8.85. The van der Waals surface area contributed by atoms with Gasteiger partial charge in [-0.3, -0.25) is 4.98 Å². The minimum Gasteiger partial charge on any atom is -0.487 e. The number of nitrogens with two attached hydrogens (primary N) is 1. The van der Waals surface area contributed by atoms with E-state index in [9.17, 15) is 0 Å². The molecule has 0 saturated carbocycles. The monoisotopic (exact) mass is 242 g/mol. The number of rotatable bonds is 4. The molecule has 2 aromatic rings. The first-order valence-corrected chi connectivity index (χ1v) is 6.06. The Morgan fingerprint density at radius 3 is 2.72 bits per heavy atom. The minimum absolute atomic E-state index is 0.0191. The van der Waals surface area contributed by atoms with E-state index < -0.39 is 0 Å². The maximum absolute atomic E-state index is 5.84. The summed E-state index contributed by atoms with van der Waals surface area (Å²) in [7, 11) is 0. The molecule has 0 spiro atoms. The number of benzene rings is 1. The topological polar surface area (TPSA) is 48.1 Å². The maximum atomic E-state index is 5.84. The summed E-state index contributed by atoms with van der Waals surface area (Å²) in [4.78, 5) is 4.40. The van der Waals surface area contributed by atoms with Gasteiger partial charge in [0, 0.05) is 11.7 Å². The van der Waals surface area contributed by atoms with Crippen molar-refractivity contribution in [1.82, 2.24) is 4.98 Å². The van der Waals surface area contributed by atoms with Crippen LogP contribution in [0.25, 0.3) is 0 Å². The van der Waals surface area contributed by atoms with Crippen LogP contribution >= 0.6 is 0 Å². The Bertz CT molecular complexity index is 523. The van der Waals surface area contributed by atoms with E-state index in [-0.39, 0.29) is 6.04 Å². The molecule has 94 valence electrons. The first-order valence-electron chi connectivity index (χ1n) is 6.06. The molecular weight excluding hydrogens is 224 g/mol. The van der Waals surface area contributed by atoms with Gasteiger partial charge >= 0.3 is 0 Å². The lowest BCUT2D eigenvalue weighted by Gasteiger charge is -2.10. The highest BCUT2D eigenvalue weighted by Crippen LogP contribution is 2.18. The van der Waals surface area contributed by atoms with E-state index in [1.165, 1.54) is 0 Å². The van der Waals surface area contributed by atoms with Crippen LogP contribution in [0.5, 0.6) is 5.75 Å². The largest absolute Gasteiger partial charge is 0.487 e. The summed E-state index contributed by atoms with van der Waals surface area (Å²) in [5.74, 6) is 0.827. The van der Waals surface area contributed by atoms with E-state index >= 15 is 0 Å². The highest BCUT2D eigenvalue weighted by atomic mass is 16.5. The van der Waals surface area contributed by atoms with Crippen molar-refractivity contribution in [3.8, 4) is 5.75 Å². The Balaban J connectivity index is 2.04. The third kappa shape index (κ3) is 3.31. The van der Waals surface area contributed by atoms with Gasteiger partial charge in [-0.2, -0.15) is 0 Å². The molecule has 0 bridgehead atoms. The number of aryl methyl sites for hydroxylation is 1. The van der Waals surface area contributed by atoms with Crippen LogP contribution in [0.3, 0.4) is 0 Å². The lowest BCUT2D eigenvalue weighted by molar-refractivity contribution is 0.300. The van der Waals surface area contributed by atoms with Gasteiger partial charge in [-0.1, -0.05) is 18.2 Å². The van der Waals surface area contributed by atoms with Crippen LogP contribution in [0.2, 0.25) is 0 Å². The third-order valence-electron chi connectivity index (χ3n) is 2.72. The third-order valence-corrected chi connectivity index (χ3v) is 2.72. The van der Waals surface area contributed by atoms with Crippen LogP contribution < -0.4 is 10.5 Å². The van der Waals surface area contributed by atoms with Crippen LogP contribution in [0.1, 0.15) is 29.9 Å². The van der Waals surface area contributed by atoms with Crippen molar-refractivity contribution in [2.75, 3.05) is 0 Å². The zero-order chi connectivity index (χ0) is 13.0. The van der Waals surface area contributed by atoms with Gasteiger partial charge in [-0.05, 0) is 43.7 Å². The fourth-order valence-corrected chi connectivity index (χ4v) is 1.72. The molecular formula is C15H18N2O. The smallest absolute Gasteiger partial charge is 0.130 e. The van der Waals surface area contributed by atoms with E-state index in [4.69, 9.17) is 10.5 Å². The molecule has 1 atom stereocenters. The SMILES string of the molecule is Cc1cccc(COc2cccc(C(C)N)c2)n1. The second-order valence-corrected chi connectivity index (χ2v) is 4.42. The van der Waals surface area contributed by atoms with Crippen molar-refractivity contribution in [1.29, 1.82) is 0 Å². The van der Waals surface area contributed by atoms with Crippen LogP contribution in [0, 0.1) is 6.92 Å². The first-order chi connectivity index (χ1) is 8.65. The number of ether oxygens (including phenoxy) is 1. The molecule has 0 aliphatic rings. The quantitative estimate of drug-likeness (QED) is 0.896. The van der Waals surface area contributed by atoms with E-state index in [1.54, 1.807) is 0 Å². The van der Waals surface area contributed by atoms with Gasteiger partial charge in [-0.15, -0.1) is 0 Å². The number of hydrogen-bond donors (Lipinski definition) is 1. The standard InChI is InChI=1S/C15H18N2O/c1-11-5-3-7-14(17-11)10-18-15-8-4-6-13(9-15)12(2)16/h3-9,12H,10,16H2,1-2H3. The van der Waals surface area contributed by atoms with Crippen molar-refractivity contribution in [3.63, 3.8) is 0 Å². The number of hydrogen-bond acceptors (Lipinski definition) is 3. The Labute approximate surface area is 108 Å². The van der Waals surface area contributed by atoms with Gasteiger partial charge in [0.25, 0.3) is 0 Å². The Morgan fingerprint density at radius 2 is 2.00 bits per heavy atom. The van der Waals surface area contributed by atoms with Crippen molar-refractivity contribution in [3.05, 3.63) is 59.4 Å². The van der Waals surface area contributed by atoms with Crippen LogP contribution in [-0.2, 0) is 6.61 Å². The van der Waals surface area contributed by atoms with Crippen molar-refractivity contribution in [2.45, 2.75) is 26.5 Å². The molecule has 0 fully saturated rings. The van der Waals surface area contributed by atoms with Crippen molar-refractivity contribution in [2.24, 2.45) is 5.73 Å². The molecule has 18 heavy (non-hydrogen) atoms. The molecule has 0 radical (unpaired) electrons.